The van der Waals surface area contributed by atoms with Gasteiger partial charge in [0.2, 0.25) is 5.91 Å². The summed E-state index contributed by atoms with van der Waals surface area (Å²) < 4.78 is 13.2. The first kappa shape index (κ1) is 16.4. The molecule has 0 N–H and O–H groups in total. The van der Waals surface area contributed by atoms with E-state index in [1.807, 2.05) is 19.0 Å². The standard InChI is InChI=1S/C18H26FN3O/c1-12(2)21-10-15-9-16(11-21)22(15)18(23)17(20(3)4)13-5-7-14(19)8-6-13/h5-8,12,15-17H,9-11H2,1-4H3. The predicted octanol–water partition coefficient (Wildman–Crippen LogP) is 2.12. The summed E-state index contributed by atoms with van der Waals surface area (Å²) in [5.74, 6) is -0.127. The highest BCUT2D eigenvalue weighted by molar-refractivity contribution is 5.85. The number of rotatable bonds is 4. The molecule has 3 atom stereocenters. The van der Waals surface area contributed by atoms with Gasteiger partial charge in [-0.3, -0.25) is 14.6 Å². The lowest BCUT2D eigenvalue weighted by molar-refractivity contribution is -0.160. The first-order chi connectivity index (χ1) is 10.9. The Bertz CT molecular complexity index is 560. The summed E-state index contributed by atoms with van der Waals surface area (Å²) >= 11 is 0. The van der Waals surface area contributed by atoms with Gasteiger partial charge in [0.1, 0.15) is 11.9 Å². The molecule has 3 aliphatic rings. The lowest BCUT2D eigenvalue weighted by Gasteiger charge is -2.58. The number of piperazine rings is 1. The minimum atomic E-state index is -0.341. The zero-order valence-corrected chi connectivity index (χ0v) is 14.4. The maximum atomic E-state index is 13.2. The molecule has 23 heavy (non-hydrogen) atoms. The van der Waals surface area contributed by atoms with Crippen LogP contribution in [0.2, 0.25) is 0 Å². The van der Waals surface area contributed by atoms with Gasteiger partial charge in [-0.15, -0.1) is 0 Å². The summed E-state index contributed by atoms with van der Waals surface area (Å²) in [5, 5.41) is 0. The van der Waals surface area contributed by atoms with Crippen LogP contribution in [0.15, 0.2) is 24.3 Å². The van der Waals surface area contributed by atoms with E-state index in [0.29, 0.717) is 18.1 Å². The monoisotopic (exact) mass is 319 g/mol. The van der Waals surface area contributed by atoms with Crippen LogP contribution in [0, 0.1) is 5.82 Å². The van der Waals surface area contributed by atoms with Crippen molar-refractivity contribution < 1.29 is 9.18 Å². The highest BCUT2D eigenvalue weighted by Crippen LogP contribution is 2.36. The summed E-state index contributed by atoms with van der Waals surface area (Å²) in [5.41, 5.74) is 0.854. The number of carbonyl (C=O) groups is 1. The van der Waals surface area contributed by atoms with E-state index < -0.39 is 0 Å². The van der Waals surface area contributed by atoms with Crippen molar-refractivity contribution in [3.05, 3.63) is 35.6 Å². The molecular weight excluding hydrogens is 293 g/mol. The molecule has 4 nitrogen and oxygen atoms in total. The third-order valence-electron chi connectivity index (χ3n) is 5.14. The molecule has 3 saturated heterocycles. The van der Waals surface area contributed by atoms with Crippen molar-refractivity contribution in [3.8, 4) is 0 Å². The first-order valence-corrected chi connectivity index (χ1v) is 8.36. The van der Waals surface area contributed by atoms with Crippen LogP contribution in [0.1, 0.15) is 31.9 Å². The Morgan fingerprint density at radius 3 is 2.22 bits per heavy atom. The Hall–Kier alpha value is -1.46. The van der Waals surface area contributed by atoms with Crippen LogP contribution in [-0.2, 0) is 4.79 Å². The SMILES string of the molecule is CC(C)N1CC2CC(C1)N2C(=O)C(c1ccc(F)cc1)N(C)C. The van der Waals surface area contributed by atoms with E-state index in [2.05, 4.69) is 23.6 Å². The number of benzene rings is 1. The fourth-order valence-corrected chi connectivity index (χ4v) is 3.87. The lowest BCUT2D eigenvalue weighted by atomic mass is 9.85. The van der Waals surface area contributed by atoms with Gasteiger partial charge < -0.3 is 4.90 Å². The highest BCUT2D eigenvalue weighted by atomic mass is 19.1. The maximum absolute atomic E-state index is 13.2. The van der Waals surface area contributed by atoms with Gasteiger partial charge in [0.15, 0.2) is 0 Å². The molecule has 2 bridgehead atoms. The molecule has 3 fully saturated rings. The zero-order chi connectivity index (χ0) is 16.7. The molecule has 3 heterocycles. The molecule has 1 amide bonds. The summed E-state index contributed by atoms with van der Waals surface area (Å²) in [6.07, 6.45) is 1.11. The molecule has 0 aromatic heterocycles. The fourth-order valence-electron chi connectivity index (χ4n) is 3.87. The van der Waals surface area contributed by atoms with Crippen molar-refractivity contribution in [1.29, 1.82) is 0 Å². The van der Waals surface area contributed by atoms with Gasteiger partial charge in [0.25, 0.3) is 0 Å². The van der Waals surface area contributed by atoms with Crippen LogP contribution in [0.5, 0.6) is 0 Å². The van der Waals surface area contributed by atoms with Gasteiger partial charge >= 0.3 is 0 Å². The Morgan fingerprint density at radius 2 is 1.74 bits per heavy atom. The van der Waals surface area contributed by atoms with Gasteiger partial charge in [0, 0.05) is 31.2 Å². The number of nitrogens with zero attached hydrogens (tertiary/aromatic N) is 3. The van der Waals surface area contributed by atoms with E-state index >= 15 is 0 Å². The molecule has 3 unspecified atom stereocenters. The molecule has 5 heteroatoms. The van der Waals surface area contributed by atoms with E-state index in [0.717, 1.165) is 25.1 Å². The highest BCUT2D eigenvalue weighted by Gasteiger charge is 2.49. The normalized spacial score (nSPS) is 25.6. The predicted molar refractivity (Wildman–Crippen MR) is 88.6 cm³/mol. The molecule has 126 valence electrons. The summed E-state index contributed by atoms with van der Waals surface area (Å²) in [7, 11) is 3.81. The lowest BCUT2D eigenvalue weighted by Crippen LogP contribution is -2.71. The average Bonchev–Trinajstić information content (AvgIpc) is 2.49. The maximum Gasteiger partial charge on any atom is 0.245 e. The molecule has 3 aliphatic heterocycles. The number of carbonyl (C=O) groups excluding carboxylic acids is 1. The minimum absolute atomic E-state index is 0.145. The first-order valence-electron chi connectivity index (χ1n) is 8.36. The number of hydrogen-bond donors (Lipinski definition) is 0. The van der Waals surface area contributed by atoms with E-state index in [1.54, 1.807) is 12.1 Å². The van der Waals surface area contributed by atoms with Crippen LogP contribution in [0.25, 0.3) is 0 Å². The molecule has 0 radical (unpaired) electrons. The number of amides is 1. The van der Waals surface area contributed by atoms with Gasteiger partial charge in [0.05, 0.1) is 0 Å². The Morgan fingerprint density at radius 1 is 1.17 bits per heavy atom. The smallest absolute Gasteiger partial charge is 0.245 e. The van der Waals surface area contributed by atoms with Crippen molar-refractivity contribution in [3.63, 3.8) is 0 Å². The molecule has 1 aromatic rings. The number of halogens is 1. The van der Waals surface area contributed by atoms with E-state index in [1.165, 1.54) is 12.1 Å². The number of hydrogen-bond acceptors (Lipinski definition) is 3. The molecule has 0 spiro atoms. The molecule has 1 aromatic carbocycles. The fraction of sp³-hybridized carbons (Fsp3) is 0.611. The van der Waals surface area contributed by atoms with E-state index in [4.69, 9.17) is 0 Å². The third kappa shape index (κ3) is 3.00. The Labute approximate surface area is 137 Å². The molecule has 0 saturated carbocycles. The second-order valence-electron chi connectivity index (χ2n) is 7.25. The van der Waals surface area contributed by atoms with Crippen molar-refractivity contribution >= 4 is 5.91 Å². The zero-order valence-electron chi connectivity index (χ0n) is 14.4. The van der Waals surface area contributed by atoms with Crippen molar-refractivity contribution in [2.45, 2.75) is 44.4 Å². The van der Waals surface area contributed by atoms with Crippen LogP contribution in [0.4, 0.5) is 4.39 Å². The second-order valence-corrected chi connectivity index (χ2v) is 7.25. The van der Waals surface area contributed by atoms with E-state index in [-0.39, 0.29) is 17.8 Å². The van der Waals surface area contributed by atoms with Gasteiger partial charge in [-0.1, -0.05) is 12.1 Å². The number of fused-ring (bicyclic) bond motifs is 2. The van der Waals surface area contributed by atoms with Crippen LogP contribution in [0.3, 0.4) is 0 Å². The molecular formula is C18H26FN3O. The molecule has 4 rings (SSSR count). The largest absolute Gasteiger partial charge is 0.332 e. The minimum Gasteiger partial charge on any atom is -0.332 e. The topological polar surface area (TPSA) is 26.8 Å². The second kappa shape index (κ2) is 6.21. The van der Waals surface area contributed by atoms with E-state index in [9.17, 15) is 9.18 Å². The number of piperidine rings is 1. The van der Waals surface area contributed by atoms with Gasteiger partial charge in [-0.2, -0.15) is 0 Å². The van der Waals surface area contributed by atoms with Crippen molar-refractivity contribution in [2.75, 3.05) is 27.2 Å². The third-order valence-corrected chi connectivity index (χ3v) is 5.14. The van der Waals surface area contributed by atoms with Crippen LogP contribution >= 0.6 is 0 Å². The summed E-state index contributed by atoms with van der Waals surface area (Å²) in [6.45, 7) is 6.34. The van der Waals surface area contributed by atoms with Crippen molar-refractivity contribution in [2.24, 2.45) is 0 Å². The van der Waals surface area contributed by atoms with Gasteiger partial charge in [-0.25, -0.2) is 4.39 Å². The van der Waals surface area contributed by atoms with Crippen molar-refractivity contribution in [1.82, 2.24) is 14.7 Å². The summed E-state index contributed by atoms with van der Waals surface area (Å²) in [6, 6.07) is 7.12. The van der Waals surface area contributed by atoms with Crippen LogP contribution < -0.4 is 0 Å². The average molecular weight is 319 g/mol. The Balaban J connectivity index is 1.77. The number of likely N-dealkylation sites (N-methyl/N-ethyl adjacent to an activating group) is 1. The molecule has 0 aliphatic carbocycles. The van der Waals surface area contributed by atoms with Crippen LogP contribution in [-0.4, -0.2) is 65.9 Å². The van der Waals surface area contributed by atoms with Gasteiger partial charge in [-0.05, 0) is 52.1 Å². The quantitative estimate of drug-likeness (QED) is 0.850. The summed E-state index contributed by atoms with van der Waals surface area (Å²) in [4.78, 5) is 19.5. The Kier molecular flexibility index (Phi) is 4.43.